The van der Waals surface area contributed by atoms with Crippen molar-refractivity contribution in [1.82, 2.24) is 15.1 Å². The monoisotopic (exact) mass is 271 g/mol. The van der Waals surface area contributed by atoms with Crippen LogP contribution in [0.25, 0.3) is 0 Å². The number of nitrogens with zero attached hydrogens (tertiary/aromatic N) is 3. The van der Waals surface area contributed by atoms with Gasteiger partial charge in [0.05, 0.1) is 12.8 Å². The molecule has 5 nitrogen and oxygen atoms in total. The van der Waals surface area contributed by atoms with Crippen molar-refractivity contribution in [3.63, 3.8) is 0 Å². The van der Waals surface area contributed by atoms with Crippen LogP contribution >= 0.6 is 22.9 Å². The van der Waals surface area contributed by atoms with Gasteiger partial charge in [-0.25, -0.2) is 0 Å². The smallest absolute Gasteiger partial charge is 0.285 e. The summed E-state index contributed by atoms with van der Waals surface area (Å²) >= 11 is 6.72. The molecule has 0 aromatic carbocycles. The summed E-state index contributed by atoms with van der Waals surface area (Å²) < 4.78 is 5.47. The lowest BCUT2D eigenvalue weighted by atomic mass is 10.4. The van der Waals surface area contributed by atoms with E-state index >= 15 is 0 Å². The summed E-state index contributed by atoms with van der Waals surface area (Å²) in [6.07, 6.45) is 1.58. The van der Waals surface area contributed by atoms with Gasteiger partial charge < -0.3 is 9.32 Å². The summed E-state index contributed by atoms with van der Waals surface area (Å²) in [6, 6.07) is 3.61. The maximum absolute atomic E-state index is 12.0. The molecule has 1 amide bonds. The molecule has 0 saturated carbocycles. The Morgan fingerprint density at radius 3 is 2.94 bits per heavy atom. The van der Waals surface area contributed by atoms with Gasteiger partial charge in [0.25, 0.3) is 5.91 Å². The quantitative estimate of drug-likeness (QED) is 0.857. The molecule has 0 aliphatic carbocycles. The van der Waals surface area contributed by atoms with E-state index in [1.807, 2.05) is 13.0 Å². The first kappa shape index (κ1) is 12.1. The molecule has 0 bridgehead atoms. The Labute approximate surface area is 107 Å². The first-order valence-electron chi connectivity index (χ1n) is 5.01. The van der Waals surface area contributed by atoms with E-state index in [0.717, 1.165) is 17.1 Å². The number of halogens is 1. The van der Waals surface area contributed by atoms with Crippen molar-refractivity contribution in [2.24, 2.45) is 0 Å². The van der Waals surface area contributed by atoms with Crippen molar-refractivity contribution < 1.29 is 9.21 Å². The van der Waals surface area contributed by atoms with Crippen molar-refractivity contribution in [2.75, 3.05) is 6.54 Å². The van der Waals surface area contributed by atoms with Crippen LogP contribution in [0.5, 0.6) is 0 Å². The lowest BCUT2D eigenvalue weighted by molar-refractivity contribution is 0.0740. The number of rotatable bonds is 4. The van der Waals surface area contributed by atoms with Crippen molar-refractivity contribution >= 4 is 28.8 Å². The molecule has 2 aromatic heterocycles. The van der Waals surface area contributed by atoms with Gasteiger partial charge in [0, 0.05) is 6.54 Å². The number of amides is 1. The normalized spacial score (nSPS) is 10.5. The number of carbonyl (C=O) groups is 1. The molecule has 0 aliphatic heterocycles. The van der Waals surface area contributed by atoms with Crippen LogP contribution in [0, 0.1) is 0 Å². The van der Waals surface area contributed by atoms with Gasteiger partial charge in [-0.05, 0) is 30.7 Å². The van der Waals surface area contributed by atoms with Gasteiger partial charge in [0.2, 0.25) is 9.47 Å². The molecule has 17 heavy (non-hydrogen) atoms. The topological polar surface area (TPSA) is 59.2 Å². The van der Waals surface area contributed by atoms with Crippen molar-refractivity contribution in [3.8, 4) is 0 Å². The van der Waals surface area contributed by atoms with Crippen molar-refractivity contribution in [3.05, 3.63) is 33.6 Å². The van der Waals surface area contributed by atoms with Crippen LogP contribution in [0.3, 0.4) is 0 Å². The molecular formula is C10H10ClN3O2S. The van der Waals surface area contributed by atoms with Gasteiger partial charge in [0.15, 0.2) is 0 Å². The molecule has 0 N–H and O–H groups in total. The number of hydrogen-bond acceptors (Lipinski definition) is 5. The van der Waals surface area contributed by atoms with E-state index in [0.29, 0.717) is 18.1 Å². The zero-order valence-electron chi connectivity index (χ0n) is 9.09. The molecule has 2 aromatic rings. The maximum atomic E-state index is 12.0. The van der Waals surface area contributed by atoms with Gasteiger partial charge in [-0.2, -0.15) is 0 Å². The highest BCUT2D eigenvalue weighted by Crippen LogP contribution is 2.17. The molecule has 0 fully saturated rings. The van der Waals surface area contributed by atoms with Crippen molar-refractivity contribution in [2.45, 2.75) is 13.5 Å². The van der Waals surface area contributed by atoms with Gasteiger partial charge in [-0.1, -0.05) is 11.3 Å². The Morgan fingerprint density at radius 2 is 2.41 bits per heavy atom. The van der Waals surface area contributed by atoms with Crippen molar-refractivity contribution in [1.29, 1.82) is 0 Å². The molecule has 0 aliphatic rings. The molecule has 0 unspecified atom stereocenters. The zero-order valence-corrected chi connectivity index (χ0v) is 10.7. The highest BCUT2D eigenvalue weighted by molar-refractivity contribution is 7.17. The highest BCUT2D eigenvalue weighted by atomic mass is 35.5. The number of carbonyl (C=O) groups excluding carboxylic acids is 1. The lowest BCUT2D eigenvalue weighted by Crippen LogP contribution is -2.30. The van der Waals surface area contributed by atoms with E-state index in [9.17, 15) is 4.79 Å². The third-order valence-corrected chi connectivity index (χ3v) is 3.19. The second kappa shape index (κ2) is 5.29. The van der Waals surface area contributed by atoms with E-state index in [4.69, 9.17) is 16.0 Å². The average molecular weight is 272 g/mol. The standard InChI is InChI=1S/C10H10ClN3O2S/c1-2-14(6-7-4-3-5-16-7)9(15)8-12-13-10(11)17-8/h3-5H,2,6H2,1H3. The number of hydrogen-bond donors (Lipinski definition) is 0. The number of aromatic nitrogens is 2. The van der Waals surface area contributed by atoms with Gasteiger partial charge >= 0.3 is 0 Å². The summed E-state index contributed by atoms with van der Waals surface area (Å²) in [5.41, 5.74) is 0. The van der Waals surface area contributed by atoms with Gasteiger partial charge in [0.1, 0.15) is 5.76 Å². The summed E-state index contributed by atoms with van der Waals surface area (Å²) in [6.45, 7) is 2.87. The molecular weight excluding hydrogens is 262 g/mol. The third kappa shape index (κ3) is 2.83. The van der Waals surface area contributed by atoms with E-state index < -0.39 is 0 Å². The summed E-state index contributed by atoms with van der Waals surface area (Å²) in [7, 11) is 0. The Balaban J connectivity index is 2.10. The second-order valence-electron chi connectivity index (χ2n) is 3.26. The summed E-state index contributed by atoms with van der Waals surface area (Å²) in [5, 5.41) is 7.64. The molecule has 0 saturated heterocycles. The fraction of sp³-hybridized carbons (Fsp3) is 0.300. The maximum Gasteiger partial charge on any atom is 0.285 e. The van der Waals surface area contributed by atoms with Crippen LogP contribution in [0.1, 0.15) is 22.5 Å². The van der Waals surface area contributed by atoms with Crippen LogP contribution in [0.15, 0.2) is 22.8 Å². The second-order valence-corrected chi connectivity index (χ2v) is 4.82. The van der Waals surface area contributed by atoms with E-state index in [2.05, 4.69) is 10.2 Å². The predicted octanol–water partition coefficient (Wildman–Crippen LogP) is 2.45. The van der Waals surface area contributed by atoms with Crippen LogP contribution in [0.2, 0.25) is 4.47 Å². The fourth-order valence-corrected chi connectivity index (χ4v) is 2.14. The molecule has 2 rings (SSSR count). The molecule has 0 atom stereocenters. The SMILES string of the molecule is CCN(Cc1ccco1)C(=O)c1nnc(Cl)s1. The van der Waals surface area contributed by atoms with E-state index in [1.54, 1.807) is 17.2 Å². The highest BCUT2D eigenvalue weighted by Gasteiger charge is 2.19. The average Bonchev–Trinajstić information content (AvgIpc) is 2.96. The van der Waals surface area contributed by atoms with Crippen LogP contribution in [0.4, 0.5) is 0 Å². The Morgan fingerprint density at radius 1 is 1.59 bits per heavy atom. The molecule has 2 heterocycles. The minimum Gasteiger partial charge on any atom is -0.467 e. The van der Waals surface area contributed by atoms with E-state index in [1.165, 1.54) is 0 Å². The summed E-state index contributed by atoms with van der Waals surface area (Å²) in [4.78, 5) is 13.7. The third-order valence-electron chi connectivity index (χ3n) is 2.18. The molecule has 90 valence electrons. The first-order valence-corrected chi connectivity index (χ1v) is 6.20. The molecule has 0 spiro atoms. The minimum absolute atomic E-state index is 0.187. The lowest BCUT2D eigenvalue weighted by Gasteiger charge is -2.17. The zero-order chi connectivity index (χ0) is 12.3. The Bertz CT molecular complexity index is 497. The van der Waals surface area contributed by atoms with E-state index in [-0.39, 0.29) is 10.4 Å². The number of furan rings is 1. The van der Waals surface area contributed by atoms with Crippen LogP contribution in [-0.4, -0.2) is 27.5 Å². The Hall–Kier alpha value is -1.40. The largest absolute Gasteiger partial charge is 0.467 e. The fourth-order valence-electron chi connectivity index (χ4n) is 1.34. The molecule has 0 radical (unpaired) electrons. The molecule has 7 heteroatoms. The first-order chi connectivity index (χ1) is 8.20. The van der Waals surface area contributed by atoms with Crippen LogP contribution in [-0.2, 0) is 6.54 Å². The predicted molar refractivity (Wildman–Crippen MR) is 64.0 cm³/mol. The Kier molecular flexibility index (Phi) is 3.75. The summed E-state index contributed by atoms with van der Waals surface area (Å²) in [5.74, 6) is 0.545. The van der Waals surface area contributed by atoms with Gasteiger partial charge in [-0.3, -0.25) is 4.79 Å². The van der Waals surface area contributed by atoms with Gasteiger partial charge in [-0.15, -0.1) is 10.2 Å². The minimum atomic E-state index is -0.187. The van der Waals surface area contributed by atoms with Crippen LogP contribution < -0.4 is 0 Å².